The van der Waals surface area contributed by atoms with Crippen LogP contribution in [0.3, 0.4) is 0 Å². The number of rotatable bonds is 3. The number of furan rings is 1. The van der Waals surface area contributed by atoms with E-state index in [9.17, 15) is 4.79 Å². The standard InChI is InChI=1S/C18H14ClNO2/c1-12-15(18(21)20-13-7-3-2-4-8-13)11-17(22-12)14-9-5-6-10-16(14)19/h2-11H,1H3,(H,20,21). The first kappa shape index (κ1) is 14.4. The lowest BCUT2D eigenvalue weighted by Crippen LogP contribution is -2.11. The van der Waals surface area contributed by atoms with Crippen molar-refractivity contribution in [3.63, 3.8) is 0 Å². The number of para-hydroxylation sites is 1. The number of aryl methyl sites for hydroxylation is 1. The second kappa shape index (κ2) is 6.08. The summed E-state index contributed by atoms with van der Waals surface area (Å²) in [6.07, 6.45) is 0. The van der Waals surface area contributed by atoms with Crippen molar-refractivity contribution < 1.29 is 9.21 Å². The largest absolute Gasteiger partial charge is 0.460 e. The summed E-state index contributed by atoms with van der Waals surface area (Å²) in [7, 11) is 0. The molecule has 0 aliphatic rings. The van der Waals surface area contributed by atoms with Crippen LogP contribution in [-0.4, -0.2) is 5.91 Å². The van der Waals surface area contributed by atoms with Crippen molar-refractivity contribution in [2.45, 2.75) is 6.92 Å². The average molecular weight is 312 g/mol. The molecule has 0 saturated heterocycles. The molecule has 0 fully saturated rings. The number of hydrogen-bond donors (Lipinski definition) is 1. The zero-order chi connectivity index (χ0) is 15.5. The normalized spacial score (nSPS) is 10.5. The Bertz CT molecular complexity index is 809. The molecular weight excluding hydrogens is 298 g/mol. The molecule has 1 heterocycles. The Morgan fingerprint density at radius 3 is 2.45 bits per heavy atom. The van der Waals surface area contributed by atoms with Gasteiger partial charge in [-0.15, -0.1) is 0 Å². The predicted molar refractivity (Wildman–Crippen MR) is 88.3 cm³/mol. The van der Waals surface area contributed by atoms with E-state index in [2.05, 4.69) is 5.32 Å². The molecule has 4 heteroatoms. The first-order chi connectivity index (χ1) is 10.6. The van der Waals surface area contributed by atoms with E-state index < -0.39 is 0 Å². The number of carbonyl (C=O) groups excluding carboxylic acids is 1. The SMILES string of the molecule is Cc1oc(-c2ccccc2Cl)cc1C(=O)Nc1ccccc1. The summed E-state index contributed by atoms with van der Waals surface area (Å²) in [4.78, 5) is 12.4. The number of hydrogen-bond acceptors (Lipinski definition) is 2. The summed E-state index contributed by atoms with van der Waals surface area (Å²) in [5, 5.41) is 3.44. The fourth-order valence-corrected chi connectivity index (χ4v) is 2.45. The van der Waals surface area contributed by atoms with E-state index in [0.717, 1.165) is 11.3 Å². The van der Waals surface area contributed by atoms with E-state index in [1.54, 1.807) is 19.1 Å². The van der Waals surface area contributed by atoms with Gasteiger partial charge in [-0.3, -0.25) is 4.79 Å². The average Bonchev–Trinajstić information content (AvgIpc) is 2.90. The van der Waals surface area contributed by atoms with E-state index in [4.69, 9.17) is 16.0 Å². The summed E-state index contributed by atoms with van der Waals surface area (Å²) in [6.45, 7) is 1.76. The molecule has 0 saturated carbocycles. The van der Waals surface area contributed by atoms with Crippen molar-refractivity contribution in [1.29, 1.82) is 0 Å². The van der Waals surface area contributed by atoms with Gasteiger partial charge in [-0.25, -0.2) is 0 Å². The molecule has 0 atom stereocenters. The minimum atomic E-state index is -0.203. The summed E-state index contributed by atoms with van der Waals surface area (Å²) < 4.78 is 5.70. The van der Waals surface area contributed by atoms with Crippen LogP contribution in [0.5, 0.6) is 0 Å². The summed E-state index contributed by atoms with van der Waals surface area (Å²) in [5.41, 5.74) is 2.01. The van der Waals surface area contributed by atoms with Gasteiger partial charge in [0.2, 0.25) is 0 Å². The first-order valence-corrected chi connectivity index (χ1v) is 7.24. The lowest BCUT2D eigenvalue weighted by atomic mass is 10.1. The molecule has 3 nitrogen and oxygen atoms in total. The van der Waals surface area contributed by atoms with Crippen LogP contribution in [0.1, 0.15) is 16.1 Å². The minimum absolute atomic E-state index is 0.203. The Morgan fingerprint density at radius 2 is 1.73 bits per heavy atom. The molecule has 0 spiro atoms. The Morgan fingerprint density at radius 1 is 1.05 bits per heavy atom. The number of anilines is 1. The molecule has 0 bridgehead atoms. The molecule has 3 rings (SSSR count). The maximum absolute atomic E-state index is 12.4. The third-order valence-electron chi connectivity index (χ3n) is 3.33. The highest BCUT2D eigenvalue weighted by molar-refractivity contribution is 6.33. The third-order valence-corrected chi connectivity index (χ3v) is 3.66. The van der Waals surface area contributed by atoms with E-state index in [1.165, 1.54) is 0 Å². The Balaban J connectivity index is 1.90. The Hall–Kier alpha value is -2.52. The van der Waals surface area contributed by atoms with Gasteiger partial charge in [-0.2, -0.15) is 0 Å². The molecule has 0 unspecified atom stereocenters. The van der Waals surface area contributed by atoms with Crippen LogP contribution in [0.4, 0.5) is 5.69 Å². The molecular formula is C18H14ClNO2. The summed E-state index contributed by atoms with van der Waals surface area (Å²) >= 11 is 6.17. The van der Waals surface area contributed by atoms with Crippen LogP contribution in [0, 0.1) is 6.92 Å². The summed E-state index contributed by atoms with van der Waals surface area (Å²) in [6, 6.07) is 18.4. The predicted octanol–water partition coefficient (Wildman–Crippen LogP) is 5.16. The van der Waals surface area contributed by atoms with Gasteiger partial charge >= 0.3 is 0 Å². The van der Waals surface area contributed by atoms with Crippen LogP contribution in [0.25, 0.3) is 11.3 Å². The van der Waals surface area contributed by atoms with Crippen molar-refractivity contribution in [3.8, 4) is 11.3 Å². The first-order valence-electron chi connectivity index (χ1n) is 6.87. The van der Waals surface area contributed by atoms with Crippen LogP contribution < -0.4 is 5.32 Å². The van der Waals surface area contributed by atoms with Crippen LogP contribution in [-0.2, 0) is 0 Å². The fourth-order valence-electron chi connectivity index (χ4n) is 2.22. The van der Waals surface area contributed by atoms with Crippen LogP contribution in [0.15, 0.2) is 65.1 Å². The van der Waals surface area contributed by atoms with E-state index >= 15 is 0 Å². The quantitative estimate of drug-likeness (QED) is 0.726. The van der Waals surface area contributed by atoms with Gasteiger partial charge in [0.05, 0.1) is 10.6 Å². The van der Waals surface area contributed by atoms with Gasteiger partial charge < -0.3 is 9.73 Å². The van der Waals surface area contributed by atoms with E-state index in [0.29, 0.717) is 22.1 Å². The maximum Gasteiger partial charge on any atom is 0.259 e. The highest BCUT2D eigenvalue weighted by Gasteiger charge is 2.17. The Labute approximate surface area is 133 Å². The zero-order valence-electron chi connectivity index (χ0n) is 12.0. The molecule has 0 aliphatic carbocycles. The maximum atomic E-state index is 12.4. The molecule has 1 N–H and O–H groups in total. The lowest BCUT2D eigenvalue weighted by Gasteiger charge is -2.03. The highest BCUT2D eigenvalue weighted by Crippen LogP contribution is 2.31. The molecule has 1 amide bonds. The van der Waals surface area contributed by atoms with Crippen molar-refractivity contribution >= 4 is 23.2 Å². The number of nitrogens with one attached hydrogen (secondary N) is 1. The van der Waals surface area contributed by atoms with Gasteiger partial charge in [0.15, 0.2) is 0 Å². The number of amides is 1. The van der Waals surface area contributed by atoms with Crippen molar-refractivity contribution in [2.24, 2.45) is 0 Å². The van der Waals surface area contributed by atoms with Gasteiger partial charge in [-0.05, 0) is 37.3 Å². The van der Waals surface area contributed by atoms with E-state index in [-0.39, 0.29) is 5.91 Å². The van der Waals surface area contributed by atoms with Crippen molar-refractivity contribution in [3.05, 3.63) is 77.0 Å². The van der Waals surface area contributed by atoms with Gasteiger partial charge in [0, 0.05) is 11.3 Å². The fraction of sp³-hybridized carbons (Fsp3) is 0.0556. The molecule has 0 radical (unpaired) electrons. The smallest absolute Gasteiger partial charge is 0.259 e. The van der Waals surface area contributed by atoms with Gasteiger partial charge in [0.25, 0.3) is 5.91 Å². The second-order valence-corrected chi connectivity index (χ2v) is 5.29. The monoisotopic (exact) mass is 311 g/mol. The van der Waals surface area contributed by atoms with E-state index in [1.807, 2.05) is 48.5 Å². The minimum Gasteiger partial charge on any atom is -0.460 e. The molecule has 1 aromatic heterocycles. The zero-order valence-corrected chi connectivity index (χ0v) is 12.7. The third kappa shape index (κ3) is 2.90. The molecule has 110 valence electrons. The van der Waals surface area contributed by atoms with Gasteiger partial charge in [-0.1, -0.05) is 41.9 Å². The number of halogens is 1. The Kier molecular flexibility index (Phi) is 3.98. The topological polar surface area (TPSA) is 42.2 Å². The summed E-state index contributed by atoms with van der Waals surface area (Å²) in [5.74, 6) is 0.940. The highest BCUT2D eigenvalue weighted by atomic mass is 35.5. The second-order valence-electron chi connectivity index (χ2n) is 4.88. The molecule has 0 aliphatic heterocycles. The van der Waals surface area contributed by atoms with Crippen molar-refractivity contribution in [1.82, 2.24) is 0 Å². The van der Waals surface area contributed by atoms with Crippen molar-refractivity contribution in [2.75, 3.05) is 5.32 Å². The van der Waals surface area contributed by atoms with Gasteiger partial charge in [0.1, 0.15) is 11.5 Å². The van der Waals surface area contributed by atoms with Crippen LogP contribution >= 0.6 is 11.6 Å². The molecule has 2 aromatic carbocycles. The number of carbonyl (C=O) groups is 1. The lowest BCUT2D eigenvalue weighted by molar-refractivity contribution is 0.102. The molecule has 22 heavy (non-hydrogen) atoms. The van der Waals surface area contributed by atoms with Crippen LogP contribution in [0.2, 0.25) is 5.02 Å². The molecule has 3 aromatic rings. The number of benzene rings is 2.